The molecule has 140 valence electrons. The molecular weight excluding hydrogens is 359 g/mol. The summed E-state index contributed by atoms with van der Waals surface area (Å²) >= 11 is 0. The Bertz CT molecular complexity index is 1060. The van der Waals surface area contributed by atoms with Gasteiger partial charge in [-0.1, -0.05) is 17.3 Å². The van der Waals surface area contributed by atoms with E-state index in [-0.39, 0.29) is 0 Å². The summed E-state index contributed by atoms with van der Waals surface area (Å²) in [5.41, 5.74) is 9.26. The first kappa shape index (κ1) is 17.7. The number of benzene rings is 1. The Morgan fingerprint density at radius 3 is 2.57 bits per heavy atom. The summed E-state index contributed by atoms with van der Waals surface area (Å²) in [5, 5.41) is 4.11. The number of nitrogens with zero attached hydrogens (tertiary/aromatic N) is 3. The molecule has 0 aliphatic heterocycles. The van der Waals surface area contributed by atoms with Gasteiger partial charge in [-0.25, -0.2) is 9.97 Å². The van der Waals surface area contributed by atoms with Gasteiger partial charge in [-0.05, 0) is 42.0 Å². The third kappa shape index (κ3) is 4.15. The number of anilines is 1. The van der Waals surface area contributed by atoms with Gasteiger partial charge in [0, 0.05) is 30.4 Å². The molecule has 0 fully saturated rings. The smallest absolute Gasteiger partial charge is 0.212 e. The maximum Gasteiger partial charge on any atom is 0.212 e. The Morgan fingerprint density at radius 1 is 1.00 bits per heavy atom. The molecular formula is C21H17FN4O2. The zero-order chi connectivity index (χ0) is 19.3. The Balaban J connectivity index is 1.38. The van der Waals surface area contributed by atoms with Crippen LogP contribution in [0.15, 0.2) is 71.5 Å². The molecule has 0 atom stereocenters. The molecule has 0 saturated heterocycles. The highest BCUT2D eigenvalue weighted by atomic mass is 19.1. The van der Waals surface area contributed by atoms with Crippen LogP contribution in [0.3, 0.4) is 0 Å². The maximum absolute atomic E-state index is 12.8. The first-order valence-corrected chi connectivity index (χ1v) is 8.66. The lowest BCUT2D eigenvalue weighted by Gasteiger charge is -2.06. The lowest BCUT2D eigenvalue weighted by Crippen LogP contribution is -1.97. The predicted octanol–water partition coefficient (Wildman–Crippen LogP) is 4.02. The molecule has 0 saturated carbocycles. The second-order valence-electron chi connectivity index (χ2n) is 6.22. The topological polar surface area (TPSA) is 87.1 Å². The summed E-state index contributed by atoms with van der Waals surface area (Å²) in [6.07, 6.45) is 3.71. The molecule has 4 rings (SSSR count). The lowest BCUT2D eigenvalue weighted by molar-refractivity contribution is 0.305. The van der Waals surface area contributed by atoms with Gasteiger partial charge in [0.2, 0.25) is 5.95 Å². The summed E-state index contributed by atoms with van der Waals surface area (Å²) in [6.45, 7) is 0.325. The molecule has 0 unspecified atom stereocenters. The fraction of sp³-hybridized carbons (Fsp3) is 0.0952. The highest BCUT2D eigenvalue weighted by molar-refractivity contribution is 5.69. The number of rotatable bonds is 6. The predicted molar refractivity (Wildman–Crippen MR) is 102 cm³/mol. The van der Waals surface area contributed by atoms with Crippen molar-refractivity contribution in [2.75, 3.05) is 5.73 Å². The molecule has 3 heterocycles. The van der Waals surface area contributed by atoms with Crippen molar-refractivity contribution < 1.29 is 13.7 Å². The number of nitrogens with two attached hydrogens (primary N) is 1. The zero-order valence-electron chi connectivity index (χ0n) is 14.9. The quantitative estimate of drug-likeness (QED) is 0.512. The van der Waals surface area contributed by atoms with E-state index in [1.807, 2.05) is 36.4 Å². The van der Waals surface area contributed by atoms with Crippen molar-refractivity contribution in [3.05, 3.63) is 89.8 Å². The van der Waals surface area contributed by atoms with Crippen LogP contribution in [-0.4, -0.2) is 15.1 Å². The third-order valence-electron chi connectivity index (χ3n) is 4.17. The van der Waals surface area contributed by atoms with E-state index in [9.17, 15) is 4.39 Å². The van der Waals surface area contributed by atoms with Crippen LogP contribution in [0.1, 0.15) is 16.8 Å². The number of nitrogen functional groups attached to an aromatic ring is 1. The zero-order valence-corrected chi connectivity index (χ0v) is 14.9. The molecule has 0 radical (unpaired) electrons. The maximum atomic E-state index is 12.8. The van der Waals surface area contributed by atoms with E-state index in [0.29, 0.717) is 24.6 Å². The van der Waals surface area contributed by atoms with E-state index in [1.165, 1.54) is 12.3 Å². The van der Waals surface area contributed by atoms with Crippen LogP contribution in [0.5, 0.6) is 5.75 Å². The summed E-state index contributed by atoms with van der Waals surface area (Å²) in [6, 6.07) is 16.2. The van der Waals surface area contributed by atoms with Crippen molar-refractivity contribution in [3.63, 3.8) is 0 Å². The van der Waals surface area contributed by atoms with Gasteiger partial charge in [-0.3, -0.25) is 0 Å². The van der Waals surface area contributed by atoms with E-state index in [0.717, 1.165) is 28.1 Å². The van der Waals surface area contributed by atoms with Crippen molar-refractivity contribution >= 4 is 5.82 Å². The second kappa shape index (κ2) is 7.87. The van der Waals surface area contributed by atoms with Crippen molar-refractivity contribution in [3.8, 4) is 17.1 Å². The van der Waals surface area contributed by atoms with Crippen LogP contribution < -0.4 is 10.5 Å². The summed E-state index contributed by atoms with van der Waals surface area (Å²) in [7, 11) is 0. The van der Waals surface area contributed by atoms with E-state index < -0.39 is 5.95 Å². The molecule has 0 aliphatic rings. The van der Waals surface area contributed by atoms with Gasteiger partial charge >= 0.3 is 0 Å². The van der Waals surface area contributed by atoms with Crippen LogP contribution in [-0.2, 0) is 13.0 Å². The minimum absolute atomic E-state index is 0.325. The van der Waals surface area contributed by atoms with Crippen molar-refractivity contribution in [1.82, 2.24) is 15.1 Å². The van der Waals surface area contributed by atoms with Gasteiger partial charge in [-0.15, -0.1) is 0 Å². The Kier molecular flexibility index (Phi) is 4.97. The first-order valence-electron chi connectivity index (χ1n) is 8.66. The molecule has 28 heavy (non-hydrogen) atoms. The number of pyridine rings is 2. The van der Waals surface area contributed by atoms with E-state index in [1.54, 1.807) is 18.3 Å². The third-order valence-corrected chi connectivity index (χ3v) is 4.17. The molecule has 2 N–H and O–H groups in total. The summed E-state index contributed by atoms with van der Waals surface area (Å²) in [4.78, 5) is 7.66. The highest BCUT2D eigenvalue weighted by Gasteiger charge is 2.10. The molecule has 6 nitrogen and oxygen atoms in total. The largest absolute Gasteiger partial charge is 0.489 e. The normalized spacial score (nSPS) is 10.8. The van der Waals surface area contributed by atoms with Crippen LogP contribution in [0.2, 0.25) is 0 Å². The van der Waals surface area contributed by atoms with Gasteiger partial charge in [0.25, 0.3) is 0 Å². The molecule has 4 aromatic rings. The minimum atomic E-state index is -0.504. The van der Waals surface area contributed by atoms with Crippen LogP contribution in [0.25, 0.3) is 11.3 Å². The van der Waals surface area contributed by atoms with Gasteiger partial charge in [0.05, 0.1) is 11.3 Å². The van der Waals surface area contributed by atoms with Gasteiger partial charge in [-0.2, -0.15) is 4.39 Å². The fourth-order valence-electron chi connectivity index (χ4n) is 2.72. The average molecular weight is 376 g/mol. The molecule has 0 bridgehead atoms. The monoisotopic (exact) mass is 376 g/mol. The molecule has 0 amide bonds. The lowest BCUT2D eigenvalue weighted by atomic mass is 10.1. The van der Waals surface area contributed by atoms with E-state index >= 15 is 0 Å². The van der Waals surface area contributed by atoms with Crippen molar-refractivity contribution in [2.24, 2.45) is 0 Å². The fourth-order valence-corrected chi connectivity index (χ4v) is 2.72. The standard InChI is InChI=1S/C21H17FN4O2/c22-20-8-5-15(12-25-20)13-27-17-6-3-14(4-7-17)10-16-11-19(28-26-16)18-2-1-9-24-21(18)23/h1-9,11-12H,10,13H2,(H2,23,24). The SMILES string of the molecule is Nc1ncccc1-c1cc(Cc2ccc(OCc3ccc(F)nc3)cc2)no1. The van der Waals surface area contributed by atoms with Crippen molar-refractivity contribution in [2.45, 2.75) is 13.0 Å². The van der Waals surface area contributed by atoms with Gasteiger partial charge < -0.3 is 15.0 Å². The summed E-state index contributed by atoms with van der Waals surface area (Å²) < 4.78 is 23.9. The second-order valence-corrected chi connectivity index (χ2v) is 6.22. The van der Waals surface area contributed by atoms with E-state index in [4.69, 9.17) is 15.0 Å². The van der Waals surface area contributed by atoms with E-state index in [2.05, 4.69) is 15.1 Å². The van der Waals surface area contributed by atoms with Gasteiger partial charge in [0.15, 0.2) is 5.76 Å². The summed E-state index contributed by atoms with van der Waals surface area (Å²) in [5.74, 6) is 1.21. The van der Waals surface area contributed by atoms with Crippen LogP contribution in [0.4, 0.5) is 10.2 Å². The Labute approximate surface area is 160 Å². The number of hydrogen-bond acceptors (Lipinski definition) is 6. The number of ether oxygens (including phenoxy) is 1. The van der Waals surface area contributed by atoms with Gasteiger partial charge in [0.1, 0.15) is 18.2 Å². The molecule has 0 aliphatic carbocycles. The minimum Gasteiger partial charge on any atom is -0.489 e. The number of halogens is 1. The number of hydrogen-bond donors (Lipinski definition) is 1. The molecule has 1 aromatic carbocycles. The number of aromatic nitrogens is 3. The molecule has 3 aromatic heterocycles. The molecule has 7 heteroatoms. The average Bonchev–Trinajstić information content (AvgIpc) is 3.17. The van der Waals surface area contributed by atoms with Crippen LogP contribution >= 0.6 is 0 Å². The van der Waals surface area contributed by atoms with Crippen molar-refractivity contribution in [1.29, 1.82) is 0 Å². The molecule has 0 spiro atoms. The van der Waals surface area contributed by atoms with Crippen LogP contribution in [0, 0.1) is 5.95 Å². The Morgan fingerprint density at radius 2 is 1.82 bits per heavy atom. The Hall–Kier alpha value is -3.74. The first-order chi connectivity index (χ1) is 13.7. The highest BCUT2D eigenvalue weighted by Crippen LogP contribution is 2.25.